The van der Waals surface area contributed by atoms with Crippen molar-refractivity contribution in [3.05, 3.63) is 53.6 Å². The number of aliphatic hydroxyl groups is 1. The molecule has 1 N–H and O–H groups in total. The molecular weight excluding hydrogens is 298 g/mol. The van der Waals surface area contributed by atoms with Crippen LogP contribution in [0.4, 0.5) is 0 Å². The molecule has 0 bridgehead atoms. The number of carbonyl (C=O) groups is 1. The van der Waals surface area contributed by atoms with E-state index in [1.54, 1.807) is 0 Å². The van der Waals surface area contributed by atoms with E-state index >= 15 is 0 Å². The maximum atomic E-state index is 12.7. The first-order valence-electron chi connectivity index (χ1n) is 8.99. The first-order chi connectivity index (χ1) is 11.6. The highest BCUT2D eigenvalue weighted by Crippen LogP contribution is 2.19. The van der Waals surface area contributed by atoms with Gasteiger partial charge in [-0.15, -0.1) is 0 Å². The van der Waals surface area contributed by atoms with Crippen LogP contribution in [0.3, 0.4) is 0 Å². The third kappa shape index (κ3) is 5.07. The molecule has 3 heteroatoms. The van der Waals surface area contributed by atoms with Gasteiger partial charge in [-0.25, -0.2) is 0 Å². The molecule has 24 heavy (non-hydrogen) atoms. The standard InChI is InChI=1S/C21H29NO2/c1-3-4-5-12-20(23)17(2)13-14-18-10-6-7-11-19(18)21(24)22-15-8-9-16-22/h3-4,6-7,10-11,13-14,17,20,23H,5,8-9,12,15-16H2,1-2H3/b4-3+,14-13+/t17-,20-/m1/s1. The Morgan fingerprint density at radius 3 is 2.71 bits per heavy atom. The summed E-state index contributed by atoms with van der Waals surface area (Å²) in [7, 11) is 0. The van der Waals surface area contributed by atoms with Gasteiger partial charge < -0.3 is 10.0 Å². The highest BCUT2D eigenvalue weighted by molar-refractivity contribution is 5.97. The predicted molar refractivity (Wildman–Crippen MR) is 99.8 cm³/mol. The summed E-state index contributed by atoms with van der Waals surface area (Å²) in [6.07, 6.45) is 11.5. The highest BCUT2D eigenvalue weighted by atomic mass is 16.3. The summed E-state index contributed by atoms with van der Waals surface area (Å²) < 4.78 is 0. The number of likely N-dealkylation sites (tertiary alicyclic amines) is 1. The number of amides is 1. The van der Waals surface area contributed by atoms with Gasteiger partial charge in [0.15, 0.2) is 0 Å². The SMILES string of the molecule is C/C=C/CC[C@@H](O)[C@H](C)/C=C/c1ccccc1C(=O)N1CCCC1. The number of hydrogen-bond acceptors (Lipinski definition) is 2. The molecule has 1 aromatic rings. The molecule has 2 atom stereocenters. The largest absolute Gasteiger partial charge is 0.393 e. The van der Waals surface area contributed by atoms with Crippen LogP contribution in [-0.2, 0) is 0 Å². The molecule has 0 unspecified atom stereocenters. The van der Waals surface area contributed by atoms with Crippen LogP contribution in [0.25, 0.3) is 6.08 Å². The molecule has 1 amide bonds. The van der Waals surface area contributed by atoms with E-state index in [4.69, 9.17) is 0 Å². The number of allylic oxidation sites excluding steroid dienone is 2. The Labute approximate surface area is 145 Å². The van der Waals surface area contributed by atoms with Gasteiger partial charge in [-0.05, 0) is 44.2 Å². The Bertz CT molecular complexity index is 585. The van der Waals surface area contributed by atoms with E-state index in [1.807, 2.05) is 61.2 Å². The lowest BCUT2D eigenvalue weighted by Gasteiger charge is -2.17. The fourth-order valence-corrected chi connectivity index (χ4v) is 3.01. The topological polar surface area (TPSA) is 40.5 Å². The number of carbonyl (C=O) groups excluding carboxylic acids is 1. The Morgan fingerprint density at radius 1 is 1.29 bits per heavy atom. The van der Waals surface area contributed by atoms with Crippen molar-refractivity contribution >= 4 is 12.0 Å². The first-order valence-corrected chi connectivity index (χ1v) is 8.99. The number of hydrogen-bond donors (Lipinski definition) is 1. The molecular formula is C21H29NO2. The van der Waals surface area contributed by atoms with E-state index in [-0.39, 0.29) is 17.9 Å². The Morgan fingerprint density at radius 2 is 2.00 bits per heavy atom. The summed E-state index contributed by atoms with van der Waals surface area (Å²) >= 11 is 0. The molecule has 1 fully saturated rings. The molecule has 1 aromatic carbocycles. The van der Waals surface area contributed by atoms with Crippen LogP contribution in [-0.4, -0.2) is 35.1 Å². The molecule has 1 aliphatic heterocycles. The van der Waals surface area contributed by atoms with Gasteiger partial charge in [-0.2, -0.15) is 0 Å². The predicted octanol–water partition coefficient (Wildman–Crippen LogP) is 4.29. The summed E-state index contributed by atoms with van der Waals surface area (Å²) in [5.74, 6) is 0.180. The fraction of sp³-hybridized carbons (Fsp3) is 0.476. The van der Waals surface area contributed by atoms with Gasteiger partial charge in [0.25, 0.3) is 5.91 Å². The molecule has 0 spiro atoms. The molecule has 2 rings (SSSR count). The minimum absolute atomic E-state index is 0.0604. The molecule has 130 valence electrons. The number of nitrogens with zero attached hydrogens (tertiary/aromatic N) is 1. The number of rotatable bonds is 7. The molecule has 0 aliphatic carbocycles. The minimum Gasteiger partial charge on any atom is -0.393 e. The summed E-state index contributed by atoms with van der Waals surface area (Å²) in [6, 6.07) is 7.73. The van der Waals surface area contributed by atoms with Crippen molar-refractivity contribution in [3.8, 4) is 0 Å². The van der Waals surface area contributed by atoms with Crippen molar-refractivity contribution in [3.63, 3.8) is 0 Å². The van der Waals surface area contributed by atoms with Crippen LogP contribution >= 0.6 is 0 Å². The number of aliphatic hydroxyl groups excluding tert-OH is 1. The molecule has 3 nitrogen and oxygen atoms in total. The quantitative estimate of drug-likeness (QED) is 0.759. The fourth-order valence-electron chi connectivity index (χ4n) is 3.01. The van der Waals surface area contributed by atoms with Crippen LogP contribution in [0.1, 0.15) is 55.5 Å². The van der Waals surface area contributed by atoms with Crippen molar-refractivity contribution in [2.45, 2.75) is 45.6 Å². The van der Waals surface area contributed by atoms with Gasteiger partial charge in [0, 0.05) is 24.6 Å². The number of benzene rings is 1. The zero-order valence-corrected chi connectivity index (χ0v) is 14.8. The van der Waals surface area contributed by atoms with Crippen molar-refractivity contribution < 1.29 is 9.90 Å². The third-order valence-corrected chi connectivity index (χ3v) is 4.64. The summed E-state index contributed by atoms with van der Waals surface area (Å²) in [4.78, 5) is 14.6. The smallest absolute Gasteiger partial charge is 0.254 e. The van der Waals surface area contributed by atoms with E-state index in [0.717, 1.165) is 49.9 Å². The van der Waals surface area contributed by atoms with Gasteiger partial charge >= 0.3 is 0 Å². The van der Waals surface area contributed by atoms with Crippen molar-refractivity contribution in [1.82, 2.24) is 4.90 Å². The lowest BCUT2D eigenvalue weighted by Crippen LogP contribution is -2.28. The average Bonchev–Trinajstić information content (AvgIpc) is 3.14. The van der Waals surface area contributed by atoms with Gasteiger partial charge in [0.05, 0.1) is 6.10 Å². The minimum atomic E-state index is -0.362. The zero-order chi connectivity index (χ0) is 17.4. The second-order valence-corrected chi connectivity index (χ2v) is 6.52. The average molecular weight is 327 g/mol. The van der Waals surface area contributed by atoms with Gasteiger partial charge in [-0.1, -0.05) is 49.4 Å². The van der Waals surface area contributed by atoms with E-state index in [0.29, 0.717) is 0 Å². The van der Waals surface area contributed by atoms with E-state index in [1.165, 1.54) is 0 Å². The van der Waals surface area contributed by atoms with Crippen molar-refractivity contribution in [2.75, 3.05) is 13.1 Å². The van der Waals surface area contributed by atoms with Gasteiger partial charge in [0.1, 0.15) is 0 Å². The normalized spacial score (nSPS) is 17.7. The molecule has 0 radical (unpaired) electrons. The van der Waals surface area contributed by atoms with Crippen LogP contribution in [0, 0.1) is 5.92 Å². The maximum Gasteiger partial charge on any atom is 0.254 e. The Balaban J connectivity index is 2.04. The summed E-state index contributed by atoms with van der Waals surface area (Å²) in [6.45, 7) is 5.72. The van der Waals surface area contributed by atoms with E-state index < -0.39 is 0 Å². The van der Waals surface area contributed by atoms with Crippen molar-refractivity contribution in [2.24, 2.45) is 5.92 Å². The zero-order valence-electron chi connectivity index (χ0n) is 14.8. The molecule has 0 aromatic heterocycles. The van der Waals surface area contributed by atoms with Crippen LogP contribution in [0.15, 0.2) is 42.5 Å². The lowest BCUT2D eigenvalue weighted by molar-refractivity contribution is 0.0792. The lowest BCUT2D eigenvalue weighted by atomic mass is 9.97. The van der Waals surface area contributed by atoms with E-state index in [2.05, 4.69) is 6.08 Å². The molecule has 1 aliphatic rings. The van der Waals surface area contributed by atoms with Gasteiger partial charge in [-0.3, -0.25) is 4.79 Å². The van der Waals surface area contributed by atoms with Crippen LogP contribution < -0.4 is 0 Å². The molecule has 1 heterocycles. The monoisotopic (exact) mass is 327 g/mol. The summed E-state index contributed by atoms with van der Waals surface area (Å²) in [5, 5.41) is 10.2. The van der Waals surface area contributed by atoms with E-state index in [9.17, 15) is 9.90 Å². The maximum absolute atomic E-state index is 12.7. The van der Waals surface area contributed by atoms with Crippen molar-refractivity contribution in [1.29, 1.82) is 0 Å². The summed E-state index contributed by atoms with van der Waals surface area (Å²) in [5.41, 5.74) is 1.69. The third-order valence-electron chi connectivity index (χ3n) is 4.64. The van der Waals surface area contributed by atoms with Gasteiger partial charge in [0.2, 0.25) is 0 Å². The first kappa shape index (κ1) is 18.5. The second kappa shape index (κ2) is 9.43. The van der Waals surface area contributed by atoms with Crippen LogP contribution in [0.2, 0.25) is 0 Å². The second-order valence-electron chi connectivity index (χ2n) is 6.52. The molecule has 1 saturated heterocycles. The van der Waals surface area contributed by atoms with Crippen LogP contribution in [0.5, 0.6) is 0 Å². The molecule has 0 saturated carbocycles. The highest BCUT2D eigenvalue weighted by Gasteiger charge is 2.21. The Kier molecular flexibility index (Phi) is 7.26. The Hall–Kier alpha value is -1.87.